The van der Waals surface area contributed by atoms with Gasteiger partial charge in [-0.3, -0.25) is 4.79 Å². The van der Waals surface area contributed by atoms with Crippen molar-refractivity contribution in [3.63, 3.8) is 0 Å². The molecule has 1 aromatic carbocycles. The Bertz CT molecular complexity index is 898. The monoisotopic (exact) mass is 420 g/mol. The molecule has 2 heterocycles. The number of amides is 2. The van der Waals surface area contributed by atoms with Crippen LogP contribution in [0.1, 0.15) is 29.4 Å². The minimum Gasteiger partial charge on any atom is -0.469 e. The van der Waals surface area contributed by atoms with Gasteiger partial charge in [0.15, 0.2) is 0 Å². The number of nitrogens with one attached hydrogen (secondary N) is 2. The van der Waals surface area contributed by atoms with Crippen LogP contribution in [0, 0.1) is 0 Å². The summed E-state index contributed by atoms with van der Waals surface area (Å²) in [5, 5.41) is 3.16. The van der Waals surface area contributed by atoms with Gasteiger partial charge in [0.2, 0.25) is 0 Å². The molecule has 29 heavy (non-hydrogen) atoms. The maximum atomic E-state index is 13.1. The smallest absolute Gasteiger partial charge is 0.329 e. The van der Waals surface area contributed by atoms with Gasteiger partial charge in [-0.15, -0.1) is 0 Å². The van der Waals surface area contributed by atoms with Crippen molar-refractivity contribution in [2.45, 2.75) is 24.9 Å². The number of ether oxygens (including phenoxy) is 2. The zero-order chi connectivity index (χ0) is 21.0. The SMILES string of the molecule is COC(=O)C[C@@H](NC(=O)N1CCc2[nH]cnc2[C@@H]1c1ccc(Cl)cc1)C(=O)OC. The highest BCUT2D eigenvalue weighted by Crippen LogP contribution is 2.33. The number of fused-ring (bicyclic) bond motifs is 1. The molecule has 1 aliphatic rings. The maximum Gasteiger partial charge on any atom is 0.329 e. The van der Waals surface area contributed by atoms with Crippen LogP contribution in [0.15, 0.2) is 30.6 Å². The summed E-state index contributed by atoms with van der Waals surface area (Å²) < 4.78 is 9.30. The van der Waals surface area contributed by atoms with Crippen molar-refractivity contribution in [3.05, 3.63) is 52.6 Å². The molecule has 0 spiro atoms. The van der Waals surface area contributed by atoms with Crippen LogP contribution in [-0.2, 0) is 25.5 Å². The first-order chi connectivity index (χ1) is 13.9. The molecule has 0 bridgehead atoms. The molecule has 0 unspecified atom stereocenters. The number of methoxy groups -OCH3 is 2. The Hall–Kier alpha value is -3.07. The minimum atomic E-state index is -1.16. The number of halogens is 1. The van der Waals surface area contributed by atoms with Crippen molar-refractivity contribution < 1.29 is 23.9 Å². The van der Waals surface area contributed by atoms with E-state index in [1.165, 1.54) is 14.2 Å². The predicted octanol–water partition coefficient (Wildman–Crippen LogP) is 1.82. The van der Waals surface area contributed by atoms with E-state index >= 15 is 0 Å². The van der Waals surface area contributed by atoms with Crippen LogP contribution in [-0.4, -0.2) is 59.6 Å². The lowest BCUT2D eigenvalue weighted by Crippen LogP contribution is -2.52. The summed E-state index contributed by atoms with van der Waals surface area (Å²) in [5.41, 5.74) is 2.48. The van der Waals surface area contributed by atoms with Crippen LogP contribution in [0.4, 0.5) is 4.79 Å². The number of hydrogen-bond acceptors (Lipinski definition) is 6. The van der Waals surface area contributed by atoms with Crippen LogP contribution < -0.4 is 5.32 Å². The number of aromatic nitrogens is 2. The average Bonchev–Trinajstić information content (AvgIpc) is 3.21. The van der Waals surface area contributed by atoms with E-state index in [0.717, 1.165) is 17.0 Å². The molecule has 0 aliphatic carbocycles. The topological polar surface area (TPSA) is 114 Å². The summed E-state index contributed by atoms with van der Waals surface area (Å²) in [6.07, 6.45) is 1.83. The fourth-order valence-corrected chi connectivity index (χ4v) is 3.42. The number of urea groups is 1. The molecule has 1 aliphatic heterocycles. The van der Waals surface area contributed by atoms with Crippen molar-refractivity contribution >= 4 is 29.6 Å². The number of nitrogens with zero attached hydrogens (tertiary/aromatic N) is 2. The Morgan fingerprint density at radius 2 is 2.00 bits per heavy atom. The molecule has 0 saturated carbocycles. The van der Waals surface area contributed by atoms with Crippen molar-refractivity contribution in [2.75, 3.05) is 20.8 Å². The summed E-state index contributed by atoms with van der Waals surface area (Å²) in [5.74, 6) is -1.37. The van der Waals surface area contributed by atoms with Crippen LogP contribution in [0.3, 0.4) is 0 Å². The highest BCUT2D eigenvalue weighted by molar-refractivity contribution is 6.30. The average molecular weight is 421 g/mol. The zero-order valence-electron chi connectivity index (χ0n) is 16.0. The van der Waals surface area contributed by atoms with Gasteiger partial charge in [0.1, 0.15) is 12.1 Å². The molecule has 0 fully saturated rings. The second-order valence-corrected chi connectivity index (χ2v) is 6.91. The Morgan fingerprint density at radius 3 is 2.66 bits per heavy atom. The fourth-order valence-electron chi connectivity index (χ4n) is 3.30. The molecule has 3 rings (SSSR count). The van der Waals surface area contributed by atoms with E-state index in [1.807, 2.05) is 12.1 Å². The van der Waals surface area contributed by atoms with Crippen molar-refractivity contribution in [3.8, 4) is 0 Å². The van der Waals surface area contributed by atoms with E-state index < -0.39 is 30.1 Å². The summed E-state index contributed by atoms with van der Waals surface area (Å²) in [7, 11) is 2.39. The van der Waals surface area contributed by atoms with E-state index in [0.29, 0.717) is 18.0 Å². The number of H-pyrrole nitrogens is 1. The second-order valence-electron chi connectivity index (χ2n) is 6.47. The van der Waals surface area contributed by atoms with E-state index in [9.17, 15) is 14.4 Å². The quantitative estimate of drug-likeness (QED) is 0.713. The molecule has 0 radical (unpaired) electrons. The number of carbonyl (C=O) groups excluding carboxylic acids is 3. The molecule has 154 valence electrons. The lowest BCUT2D eigenvalue weighted by Gasteiger charge is -2.36. The third kappa shape index (κ3) is 4.51. The van der Waals surface area contributed by atoms with Gasteiger partial charge < -0.3 is 24.7 Å². The highest BCUT2D eigenvalue weighted by Gasteiger charge is 2.36. The molecule has 9 nitrogen and oxygen atoms in total. The first-order valence-electron chi connectivity index (χ1n) is 8.94. The van der Waals surface area contributed by atoms with Crippen molar-refractivity contribution in [1.29, 1.82) is 0 Å². The molecule has 2 aromatic rings. The van der Waals surface area contributed by atoms with E-state index in [2.05, 4.69) is 20.0 Å². The Balaban J connectivity index is 1.88. The van der Waals surface area contributed by atoms with Crippen LogP contribution in [0.5, 0.6) is 0 Å². The standard InChI is InChI=1S/C19H21ClN4O5/c1-28-15(25)9-14(18(26)29-2)23-19(27)24-8-7-13-16(22-10-21-13)17(24)11-3-5-12(20)6-4-11/h3-6,10,14,17H,7-9H2,1-2H3,(H,21,22)(H,23,27)/t14-,17+/m1/s1. The van der Waals surface area contributed by atoms with Gasteiger partial charge in [0, 0.05) is 23.7 Å². The number of carbonyl (C=O) groups is 3. The highest BCUT2D eigenvalue weighted by atomic mass is 35.5. The van der Waals surface area contributed by atoms with Gasteiger partial charge in [0.05, 0.1) is 32.7 Å². The normalized spacial score (nSPS) is 16.5. The summed E-state index contributed by atoms with van der Waals surface area (Å²) >= 11 is 6.00. The van der Waals surface area contributed by atoms with Gasteiger partial charge in [-0.25, -0.2) is 14.6 Å². The van der Waals surface area contributed by atoms with Gasteiger partial charge in [-0.1, -0.05) is 23.7 Å². The number of benzene rings is 1. The molecule has 2 amide bonds. The lowest BCUT2D eigenvalue weighted by molar-refractivity contribution is -0.149. The number of hydrogen-bond donors (Lipinski definition) is 2. The minimum absolute atomic E-state index is 0.331. The molecular weight excluding hydrogens is 400 g/mol. The Kier molecular flexibility index (Phi) is 6.38. The van der Waals surface area contributed by atoms with Crippen LogP contribution in [0.2, 0.25) is 5.02 Å². The number of aromatic amines is 1. The largest absolute Gasteiger partial charge is 0.469 e. The fraction of sp³-hybridized carbons (Fsp3) is 0.368. The van der Waals surface area contributed by atoms with Crippen molar-refractivity contribution in [1.82, 2.24) is 20.2 Å². The maximum absolute atomic E-state index is 13.1. The van der Waals surface area contributed by atoms with E-state index in [4.69, 9.17) is 16.3 Å². The molecule has 2 atom stereocenters. The molecular formula is C19H21ClN4O5. The first-order valence-corrected chi connectivity index (χ1v) is 9.31. The third-order valence-electron chi connectivity index (χ3n) is 4.75. The van der Waals surface area contributed by atoms with Crippen LogP contribution >= 0.6 is 11.6 Å². The number of imidazole rings is 1. The summed E-state index contributed by atoms with van der Waals surface area (Å²) in [4.78, 5) is 45.8. The Morgan fingerprint density at radius 1 is 1.28 bits per heavy atom. The Labute approximate surface area is 172 Å². The second kappa shape index (κ2) is 8.95. The molecule has 10 heteroatoms. The molecule has 0 saturated heterocycles. The van der Waals surface area contributed by atoms with E-state index in [-0.39, 0.29) is 6.42 Å². The number of rotatable bonds is 5. The summed E-state index contributed by atoms with van der Waals surface area (Å²) in [6.45, 7) is 0.389. The van der Waals surface area contributed by atoms with Crippen LogP contribution in [0.25, 0.3) is 0 Å². The van der Waals surface area contributed by atoms with Gasteiger partial charge in [-0.05, 0) is 17.7 Å². The first kappa shape index (κ1) is 20.7. The molecule has 1 aromatic heterocycles. The van der Waals surface area contributed by atoms with Gasteiger partial charge in [0.25, 0.3) is 0 Å². The molecule has 2 N–H and O–H groups in total. The lowest BCUT2D eigenvalue weighted by atomic mass is 9.96. The summed E-state index contributed by atoms with van der Waals surface area (Å²) in [6, 6.07) is 4.97. The van der Waals surface area contributed by atoms with Gasteiger partial charge in [-0.2, -0.15) is 0 Å². The van der Waals surface area contributed by atoms with E-state index in [1.54, 1.807) is 23.4 Å². The zero-order valence-corrected chi connectivity index (χ0v) is 16.7. The van der Waals surface area contributed by atoms with Crippen molar-refractivity contribution in [2.24, 2.45) is 0 Å². The predicted molar refractivity (Wildman–Crippen MR) is 103 cm³/mol. The number of esters is 2. The third-order valence-corrected chi connectivity index (χ3v) is 5.01. The van der Waals surface area contributed by atoms with Gasteiger partial charge >= 0.3 is 18.0 Å².